The average Bonchev–Trinajstić information content (AvgIpc) is 2.43. The van der Waals surface area contributed by atoms with Crippen molar-refractivity contribution in [2.45, 2.75) is 32.3 Å². The molecule has 1 N–H and O–H groups in total. The number of methoxy groups -OCH3 is 1. The van der Waals surface area contributed by atoms with Crippen LogP contribution in [0.1, 0.15) is 37.9 Å². The van der Waals surface area contributed by atoms with Crippen LogP contribution in [-0.2, 0) is 9.53 Å². The molecule has 0 saturated carbocycles. The molecule has 0 radical (unpaired) electrons. The highest BCUT2D eigenvalue weighted by molar-refractivity contribution is 5.89. The molecular weight excluding hydrogens is 228 g/mol. The summed E-state index contributed by atoms with van der Waals surface area (Å²) in [6.07, 6.45) is 3.65. The van der Waals surface area contributed by atoms with Crippen LogP contribution in [0.2, 0.25) is 0 Å². The maximum atomic E-state index is 11.7. The first-order valence-electron chi connectivity index (χ1n) is 6.22. The molecule has 0 aliphatic heterocycles. The zero-order chi connectivity index (χ0) is 13.4. The summed E-state index contributed by atoms with van der Waals surface area (Å²) in [5.41, 5.74) is 1.02. The van der Waals surface area contributed by atoms with Gasteiger partial charge in [-0.15, -0.1) is 0 Å². The lowest BCUT2D eigenvalue weighted by Crippen LogP contribution is -2.13. The van der Waals surface area contributed by atoms with Crippen LogP contribution in [0.25, 0.3) is 0 Å². The van der Waals surface area contributed by atoms with Crippen molar-refractivity contribution in [3.63, 3.8) is 0 Å². The minimum atomic E-state index is -0.921. The lowest BCUT2D eigenvalue weighted by molar-refractivity contribution is -0.137. The summed E-state index contributed by atoms with van der Waals surface area (Å²) in [6.45, 7) is 2.08. The van der Waals surface area contributed by atoms with Crippen LogP contribution in [0.15, 0.2) is 42.0 Å². The van der Waals surface area contributed by atoms with Crippen LogP contribution in [-0.4, -0.2) is 18.2 Å². The molecular formula is C15H20O3. The zero-order valence-corrected chi connectivity index (χ0v) is 10.9. The Hall–Kier alpha value is -1.61. The van der Waals surface area contributed by atoms with Gasteiger partial charge in [0.1, 0.15) is 6.10 Å². The van der Waals surface area contributed by atoms with Crippen molar-refractivity contribution in [2.24, 2.45) is 0 Å². The van der Waals surface area contributed by atoms with Gasteiger partial charge in [-0.05, 0) is 12.0 Å². The molecule has 0 saturated heterocycles. The highest BCUT2D eigenvalue weighted by atomic mass is 16.5. The number of esters is 1. The van der Waals surface area contributed by atoms with E-state index in [1.165, 1.54) is 7.11 Å². The fraction of sp³-hybridized carbons (Fsp3) is 0.400. The first-order chi connectivity index (χ1) is 8.70. The number of unbranched alkanes of at least 4 members (excludes halogenated alkanes) is 2. The van der Waals surface area contributed by atoms with Crippen molar-refractivity contribution in [3.8, 4) is 0 Å². The number of carbonyl (C=O) groups is 1. The Labute approximate surface area is 108 Å². The molecule has 1 rings (SSSR count). The largest absolute Gasteiger partial charge is 0.466 e. The second-order valence-corrected chi connectivity index (χ2v) is 4.11. The van der Waals surface area contributed by atoms with Gasteiger partial charge in [-0.25, -0.2) is 4.79 Å². The molecule has 0 bridgehead atoms. The number of aliphatic hydroxyl groups excluding tert-OH is 1. The fourth-order valence-electron chi connectivity index (χ4n) is 1.70. The van der Waals surface area contributed by atoms with Crippen molar-refractivity contribution >= 4 is 5.97 Å². The van der Waals surface area contributed by atoms with E-state index < -0.39 is 12.1 Å². The Morgan fingerprint density at radius 1 is 1.39 bits per heavy atom. The van der Waals surface area contributed by atoms with E-state index >= 15 is 0 Å². The minimum Gasteiger partial charge on any atom is -0.466 e. The molecule has 98 valence electrons. The molecule has 0 spiro atoms. The predicted molar refractivity (Wildman–Crippen MR) is 71.0 cm³/mol. The number of aliphatic hydroxyl groups is 1. The van der Waals surface area contributed by atoms with Gasteiger partial charge in [0.2, 0.25) is 0 Å². The Bertz CT molecular complexity index is 395. The number of allylic oxidation sites excluding steroid dienone is 1. The summed E-state index contributed by atoms with van der Waals surface area (Å²) in [7, 11) is 1.33. The number of hydrogen-bond acceptors (Lipinski definition) is 3. The highest BCUT2D eigenvalue weighted by Gasteiger charge is 2.20. The van der Waals surface area contributed by atoms with E-state index in [2.05, 4.69) is 6.92 Å². The Morgan fingerprint density at radius 3 is 2.61 bits per heavy atom. The Morgan fingerprint density at radius 2 is 2.06 bits per heavy atom. The molecule has 0 amide bonds. The third-order valence-electron chi connectivity index (χ3n) is 2.75. The quantitative estimate of drug-likeness (QED) is 0.478. The molecule has 3 heteroatoms. The van der Waals surface area contributed by atoms with Crippen molar-refractivity contribution < 1.29 is 14.6 Å². The lowest BCUT2D eigenvalue weighted by Gasteiger charge is -2.13. The van der Waals surface area contributed by atoms with Crippen molar-refractivity contribution in [1.29, 1.82) is 0 Å². The summed E-state index contributed by atoms with van der Waals surface area (Å²) in [6, 6.07) is 9.12. The van der Waals surface area contributed by atoms with Gasteiger partial charge in [0.25, 0.3) is 0 Å². The van der Waals surface area contributed by atoms with Gasteiger partial charge in [-0.2, -0.15) is 0 Å². The SMILES string of the molecule is CCCC/C=C(\C(=O)OC)C(O)c1ccccc1. The molecule has 1 atom stereocenters. The van der Waals surface area contributed by atoms with Crippen molar-refractivity contribution in [1.82, 2.24) is 0 Å². The Kier molecular flexibility index (Phi) is 6.15. The monoisotopic (exact) mass is 248 g/mol. The Balaban J connectivity index is 2.89. The smallest absolute Gasteiger partial charge is 0.336 e. The molecule has 18 heavy (non-hydrogen) atoms. The number of benzene rings is 1. The maximum absolute atomic E-state index is 11.7. The number of rotatable bonds is 6. The molecule has 0 heterocycles. The molecule has 1 unspecified atom stereocenters. The summed E-state index contributed by atoms with van der Waals surface area (Å²) in [5.74, 6) is -0.470. The van der Waals surface area contributed by atoms with Crippen molar-refractivity contribution in [2.75, 3.05) is 7.11 Å². The van der Waals surface area contributed by atoms with Gasteiger partial charge < -0.3 is 9.84 Å². The third kappa shape index (κ3) is 4.00. The standard InChI is InChI=1S/C15H20O3/c1-3-4-6-11-13(15(17)18-2)14(16)12-9-7-5-8-10-12/h5,7-11,14,16H,3-4,6H2,1-2H3/b13-11-. The zero-order valence-electron chi connectivity index (χ0n) is 10.9. The van der Waals surface area contributed by atoms with Crippen LogP contribution in [0, 0.1) is 0 Å². The topological polar surface area (TPSA) is 46.5 Å². The van der Waals surface area contributed by atoms with Gasteiger partial charge >= 0.3 is 5.97 Å². The van der Waals surface area contributed by atoms with Gasteiger partial charge in [0, 0.05) is 0 Å². The minimum absolute atomic E-state index is 0.317. The number of carbonyl (C=O) groups excluding carboxylic acids is 1. The normalized spacial score (nSPS) is 13.2. The van der Waals surface area contributed by atoms with E-state index in [-0.39, 0.29) is 0 Å². The molecule has 0 aliphatic carbocycles. The molecule has 0 aromatic heterocycles. The van der Waals surface area contributed by atoms with E-state index in [0.717, 1.165) is 19.3 Å². The molecule has 3 nitrogen and oxygen atoms in total. The number of hydrogen-bond donors (Lipinski definition) is 1. The highest BCUT2D eigenvalue weighted by Crippen LogP contribution is 2.23. The van der Waals surface area contributed by atoms with E-state index in [1.807, 2.05) is 18.2 Å². The fourth-order valence-corrected chi connectivity index (χ4v) is 1.70. The van der Waals surface area contributed by atoms with Gasteiger partial charge in [-0.1, -0.05) is 56.2 Å². The summed E-state index contributed by atoms with van der Waals surface area (Å²) >= 11 is 0. The summed E-state index contributed by atoms with van der Waals surface area (Å²) < 4.78 is 4.72. The second kappa shape index (κ2) is 7.67. The van der Waals surface area contributed by atoms with Crippen molar-refractivity contribution in [3.05, 3.63) is 47.5 Å². The van der Waals surface area contributed by atoms with Crippen LogP contribution in [0.5, 0.6) is 0 Å². The van der Waals surface area contributed by atoms with Gasteiger partial charge in [0.15, 0.2) is 0 Å². The van der Waals surface area contributed by atoms with E-state index in [1.54, 1.807) is 18.2 Å². The molecule has 0 aliphatic rings. The van der Waals surface area contributed by atoms with Gasteiger partial charge in [-0.3, -0.25) is 0 Å². The first kappa shape index (κ1) is 14.5. The van der Waals surface area contributed by atoms with E-state index in [9.17, 15) is 9.90 Å². The summed E-state index contributed by atoms with van der Waals surface area (Å²) in [4.78, 5) is 11.7. The molecule has 1 aromatic carbocycles. The lowest BCUT2D eigenvalue weighted by atomic mass is 10.00. The van der Waals surface area contributed by atoms with Crippen LogP contribution < -0.4 is 0 Å². The van der Waals surface area contributed by atoms with Gasteiger partial charge in [0.05, 0.1) is 12.7 Å². The second-order valence-electron chi connectivity index (χ2n) is 4.11. The maximum Gasteiger partial charge on any atom is 0.336 e. The van der Waals surface area contributed by atoms with Crippen LogP contribution in [0.3, 0.4) is 0 Å². The predicted octanol–water partition coefficient (Wildman–Crippen LogP) is 3.01. The number of ether oxygens (including phenoxy) is 1. The van der Waals surface area contributed by atoms with Crippen LogP contribution >= 0.6 is 0 Å². The average molecular weight is 248 g/mol. The molecule has 1 aromatic rings. The van der Waals surface area contributed by atoms with E-state index in [4.69, 9.17) is 4.74 Å². The van der Waals surface area contributed by atoms with E-state index in [0.29, 0.717) is 11.1 Å². The summed E-state index contributed by atoms with van der Waals surface area (Å²) in [5, 5.41) is 10.2. The van der Waals surface area contributed by atoms with Crippen LogP contribution in [0.4, 0.5) is 0 Å². The first-order valence-corrected chi connectivity index (χ1v) is 6.22. The third-order valence-corrected chi connectivity index (χ3v) is 2.75. The molecule has 0 fully saturated rings.